The summed E-state index contributed by atoms with van der Waals surface area (Å²) in [6.45, 7) is 3.26. The lowest BCUT2D eigenvalue weighted by atomic mass is 9.95. The van der Waals surface area contributed by atoms with Gasteiger partial charge in [0.1, 0.15) is 0 Å². The molecule has 0 heterocycles. The molecule has 0 bridgehead atoms. The molecule has 0 saturated heterocycles. The molecule has 3 nitrogen and oxygen atoms in total. The van der Waals surface area contributed by atoms with E-state index in [0.29, 0.717) is 6.42 Å². The molecule has 98 valence electrons. The molecule has 0 rings (SSSR count). The quantitative estimate of drug-likeness (QED) is 0.739. The van der Waals surface area contributed by atoms with Crippen molar-refractivity contribution in [3.05, 3.63) is 0 Å². The molecule has 0 aromatic rings. The molecule has 2 unspecified atom stereocenters. The van der Waals surface area contributed by atoms with Crippen LogP contribution in [0.2, 0.25) is 0 Å². The van der Waals surface area contributed by atoms with Gasteiger partial charge in [-0.2, -0.15) is 13.2 Å². The van der Waals surface area contributed by atoms with Crippen molar-refractivity contribution in [2.75, 3.05) is 20.2 Å². The SMILES string of the molecule is CC(CC(C)(N)CO)N(C)CCC(F)(F)F. The molecule has 3 N–H and O–H groups in total. The van der Waals surface area contributed by atoms with E-state index in [1.807, 2.05) is 0 Å². The molecule has 0 fully saturated rings. The second-order valence-corrected chi connectivity index (χ2v) is 4.71. The van der Waals surface area contributed by atoms with Gasteiger partial charge in [0.15, 0.2) is 0 Å². The van der Waals surface area contributed by atoms with Crippen molar-refractivity contribution in [3.63, 3.8) is 0 Å². The summed E-state index contributed by atoms with van der Waals surface area (Å²) >= 11 is 0. The van der Waals surface area contributed by atoms with Crippen LogP contribution in [0.5, 0.6) is 0 Å². The molecule has 6 heteroatoms. The summed E-state index contributed by atoms with van der Waals surface area (Å²) in [4.78, 5) is 1.61. The predicted molar refractivity (Wildman–Crippen MR) is 57.1 cm³/mol. The molecular formula is C10H21F3N2O. The summed E-state index contributed by atoms with van der Waals surface area (Å²) < 4.78 is 36.0. The predicted octanol–water partition coefficient (Wildman–Crippen LogP) is 1.36. The number of alkyl halides is 3. The van der Waals surface area contributed by atoms with E-state index in [9.17, 15) is 13.2 Å². The maximum Gasteiger partial charge on any atom is 0.390 e. The zero-order valence-electron chi connectivity index (χ0n) is 10.0. The molecular weight excluding hydrogens is 221 g/mol. The van der Waals surface area contributed by atoms with Crippen LogP contribution in [0.3, 0.4) is 0 Å². The zero-order chi connectivity index (χ0) is 13.0. The summed E-state index contributed by atoms with van der Waals surface area (Å²) in [5.74, 6) is 0. The Labute approximate surface area is 94.4 Å². The van der Waals surface area contributed by atoms with Gasteiger partial charge in [0.2, 0.25) is 0 Å². The molecule has 0 aliphatic rings. The molecule has 0 aromatic heterocycles. The average Bonchev–Trinajstić information content (AvgIpc) is 2.12. The van der Waals surface area contributed by atoms with Crippen LogP contribution in [-0.2, 0) is 0 Å². The minimum atomic E-state index is -4.13. The van der Waals surface area contributed by atoms with Gasteiger partial charge in [-0.3, -0.25) is 0 Å². The largest absolute Gasteiger partial charge is 0.394 e. The number of nitrogens with two attached hydrogens (primary N) is 1. The maximum atomic E-state index is 12.0. The molecule has 2 atom stereocenters. The van der Waals surface area contributed by atoms with E-state index in [4.69, 9.17) is 10.8 Å². The van der Waals surface area contributed by atoms with Crippen molar-refractivity contribution in [1.29, 1.82) is 0 Å². The number of hydrogen-bond acceptors (Lipinski definition) is 3. The third-order valence-corrected chi connectivity index (χ3v) is 2.62. The van der Waals surface area contributed by atoms with Crippen LogP contribution in [0.15, 0.2) is 0 Å². The van der Waals surface area contributed by atoms with Crippen molar-refractivity contribution in [3.8, 4) is 0 Å². The Bertz CT molecular complexity index is 207. The maximum absolute atomic E-state index is 12.0. The van der Waals surface area contributed by atoms with Crippen molar-refractivity contribution < 1.29 is 18.3 Å². The lowest BCUT2D eigenvalue weighted by molar-refractivity contribution is -0.138. The Kier molecular flexibility index (Phi) is 5.72. The monoisotopic (exact) mass is 242 g/mol. The Balaban J connectivity index is 4.04. The highest BCUT2D eigenvalue weighted by atomic mass is 19.4. The van der Waals surface area contributed by atoms with Crippen LogP contribution in [0.25, 0.3) is 0 Å². The highest BCUT2D eigenvalue weighted by molar-refractivity contribution is 4.82. The van der Waals surface area contributed by atoms with E-state index < -0.39 is 18.1 Å². The Morgan fingerprint density at radius 2 is 1.88 bits per heavy atom. The third kappa shape index (κ3) is 7.03. The van der Waals surface area contributed by atoms with Gasteiger partial charge in [-0.25, -0.2) is 0 Å². The van der Waals surface area contributed by atoms with Crippen LogP contribution in [0.1, 0.15) is 26.7 Å². The number of aliphatic hydroxyl groups excluding tert-OH is 1. The smallest absolute Gasteiger partial charge is 0.390 e. The second kappa shape index (κ2) is 5.84. The van der Waals surface area contributed by atoms with Crippen molar-refractivity contribution in [1.82, 2.24) is 4.90 Å². The second-order valence-electron chi connectivity index (χ2n) is 4.71. The average molecular weight is 242 g/mol. The van der Waals surface area contributed by atoms with Gasteiger partial charge >= 0.3 is 6.18 Å². The van der Waals surface area contributed by atoms with Crippen LogP contribution in [0.4, 0.5) is 13.2 Å². The molecule has 0 amide bonds. The Hall–Kier alpha value is -0.330. The van der Waals surface area contributed by atoms with Gasteiger partial charge in [0.25, 0.3) is 0 Å². The standard InChI is InChI=1S/C10H21F3N2O/c1-8(6-9(2,14)7-16)15(3)5-4-10(11,12)13/h8,16H,4-7,14H2,1-3H3. The van der Waals surface area contributed by atoms with Crippen molar-refractivity contribution >= 4 is 0 Å². The summed E-state index contributed by atoms with van der Waals surface area (Å²) in [5.41, 5.74) is 4.99. The minimum Gasteiger partial charge on any atom is -0.394 e. The zero-order valence-corrected chi connectivity index (χ0v) is 10.0. The van der Waals surface area contributed by atoms with Gasteiger partial charge in [-0.05, 0) is 27.3 Å². The molecule has 0 spiro atoms. The summed E-state index contributed by atoms with van der Waals surface area (Å²) in [6, 6.07) is -0.0931. The fraction of sp³-hybridized carbons (Fsp3) is 1.00. The number of rotatable bonds is 6. The van der Waals surface area contributed by atoms with Crippen LogP contribution < -0.4 is 5.73 Å². The molecule has 0 saturated carbocycles. The van der Waals surface area contributed by atoms with E-state index in [1.54, 1.807) is 25.8 Å². The topological polar surface area (TPSA) is 49.5 Å². The van der Waals surface area contributed by atoms with E-state index in [-0.39, 0.29) is 19.2 Å². The lowest BCUT2D eigenvalue weighted by Gasteiger charge is -2.31. The third-order valence-electron chi connectivity index (χ3n) is 2.62. The van der Waals surface area contributed by atoms with E-state index >= 15 is 0 Å². The van der Waals surface area contributed by atoms with E-state index in [0.717, 1.165) is 0 Å². The molecule has 0 radical (unpaired) electrons. The first-order valence-corrected chi connectivity index (χ1v) is 5.24. The van der Waals surface area contributed by atoms with Crippen molar-refractivity contribution in [2.24, 2.45) is 5.73 Å². The minimum absolute atomic E-state index is 0.0494. The van der Waals surface area contributed by atoms with Gasteiger partial charge in [-0.1, -0.05) is 0 Å². The summed E-state index contributed by atoms with van der Waals surface area (Å²) in [5, 5.41) is 8.96. The lowest BCUT2D eigenvalue weighted by Crippen LogP contribution is -2.46. The molecule has 0 aliphatic carbocycles. The van der Waals surface area contributed by atoms with Gasteiger partial charge in [0.05, 0.1) is 13.0 Å². The number of halogens is 3. The van der Waals surface area contributed by atoms with Crippen LogP contribution in [0, 0.1) is 0 Å². The normalized spacial score (nSPS) is 18.6. The van der Waals surface area contributed by atoms with Crippen LogP contribution in [-0.4, -0.2) is 48.0 Å². The van der Waals surface area contributed by atoms with Crippen LogP contribution >= 0.6 is 0 Å². The van der Waals surface area contributed by atoms with E-state index in [1.165, 1.54) is 0 Å². The highest BCUT2D eigenvalue weighted by Gasteiger charge is 2.29. The Morgan fingerprint density at radius 3 is 2.25 bits per heavy atom. The van der Waals surface area contributed by atoms with E-state index in [2.05, 4.69) is 0 Å². The first kappa shape index (κ1) is 15.7. The fourth-order valence-electron chi connectivity index (χ4n) is 1.42. The molecule has 16 heavy (non-hydrogen) atoms. The number of aliphatic hydroxyl groups is 1. The van der Waals surface area contributed by atoms with Gasteiger partial charge < -0.3 is 15.7 Å². The fourth-order valence-corrected chi connectivity index (χ4v) is 1.42. The first-order chi connectivity index (χ1) is 7.07. The highest BCUT2D eigenvalue weighted by Crippen LogP contribution is 2.21. The summed E-state index contributed by atoms with van der Waals surface area (Å²) in [7, 11) is 1.63. The molecule has 0 aromatic carbocycles. The number of hydrogen-bond donors (Lipinski definition) is 2. The Morgan fingerprint density at radius 1 is 1.38 bits per heavy atom. The number of nitrogens with zero attached hydrogens (tertiary/aromatic N) is 1. The van der Waals surface area contributed by atoms with Crippen molar-refractivity contribution in [2.45, 2.75) is 44.4 Å². The first-order valence-electron chi connectivity index (χ1n) is 5.24. The molecule has 0 aliphatic heterocycles. The van der Waals surface area contributed by atoms with Gasteiger partial charge in [-0.15, -0.1) is 0 Å². The van der Waals surface area contributed by atoms with Gasteiger partial charge in [0, 0.05) is 18.1 Å². The summed E-state index contributed by atoms with van der Waals surface area (Å²) in [6.07, 6.45) is -4.50.